The minimum atomic E-state index is -0.925. The summed E-state index contributed by atoms with van der Waals surface area (Å²) in [6, 6.07) is 5.94. The smallest absolute Gasteiger partial charge is 0.325 e. The Morgan fingerprint density at radius 1 is 1.15 bits per heavy atom. The first-order chi connectivity index (χ1) is 12.2. The Kier molecular flexibility index (Phi) is 5.81. The standard InChI is InChI=1S/C17H22N4O5/c1-17(2)15(24)21(16(25)18-17)10-4-5-13(22)19-20-14(23)11-6-8-12(26-3)9-7-11/h6-9H,4-5,10H2,1-3H3,(H,18,25)(H,19,22)(H,20,23). The molecule has 1 heterocycles. The van der Waals surface area contributed by atoms with Gasteiger partial charge in [-0.05, 0) is 44.5 Å². The van der Waals surface area contributed by atoms with Gasteiger partial charge in [0.25, 0.3) is 11.8 Å². The second-order valence-corrected chi connectivity index (χ2v) is 6.35. The van der Waals surface area contributed by atoms with E-state index >= 15 is 0 Å². The number of carbonyl (C=O) groups excluding carboxylic acids is 4. The lowest BCUT2D eigenvalue weighted by Crippen LogP contribution is -2.42. The van der Waals surface area contributed by atoms with Crippen LogP contribution in [0.4, 0.5) is 4.79 Å². The van der Waals surface area contributed by atoms with Crippen LogP contribution < -0.4 is 20.9 Å². The number of carbonyl (C=O) groups is 4. The van der Waals surface area contributed by atoms with E-state index in [0.29, 0.717) is 17.7 Å². The van der Waals surface area contributed by atoms with Gasteiger partial charge in [-0.25, -0.2) is 4.79 Å². The third kappa shape index (κ3) is 4.50. The zero-order valence-corrected chi connectivity index (χ0v) is 14.9. The number of hydrogen-bond acceptors (Lipinski definition) is 5. The van der Waals surface area contributed by atoms with E-state index in [4.69, 9.17) is 4.74 Å². The molecule has 1 fully saturated rings. The number of hydrogen-bond donors (Lipinski definition) is 3. The molecule has 0 radical (unpaired) electrons. The Labute approximate surface area is 151 Å². The van der Waals surface area contributed by atoms with Gasteiger partial charge in [0.05, 0.1) is 7.11 Å². The summed E-state index contributed by atoms with van der Waals surface area (Å²) in [6.07, 6.45) is 0.347. The molecular formula is C17H22N4O5. The summed E-state index contributed by atoms with van der Waals surface area (Å²) in [5.41, 5.74) is 4.05. The van der Waals surface area contributed by atoms with Crippen LogP contribution in [-0.4, -0.2) is 47.8 Å². The Hall–Kier alpha value is -3.10. The van der Waals surface area contributed by atoms with Crippen LogP contribution in [0, 0.1) is 0 Å². The Bertz CT molecular complexity index is 714. The first-order valence-corrected chi connectivity index (χ1v) is 8.12. The molecule has 1 saturated heterocycles. The molecule has 3 N–H and O–H groups in total. The number of hydrazine groups is 1. The molecule has 140 valence electrons. The molecule has 0 unspecified atom stereocenters. The quantitative estimate of drug-likeness (QED) is 0.505. The molecule has 0 saturated carbocycles. The third-order valence-corrected chi connectivity index (χ3v) is 3.90. The van der Waals surface area contributed by atoms with Crippen LogP contribution in [0.25, 0.3) is 0 Å². The number of methoxy groups -OCH3 is 1. The Morgan fingerprint density at radius 3 is 2.35 bits per heavy atom. The van der Waals surface area contributed by atoms with E-state index in [1.165, 1.54) is 7.11 Å². The van der Waals surface area contributed by atoms with Crippen molar-refractivity contribution in [1.82, 2.24) is 21.1 Å². The largest absolute Gasteiger partial charge is 0.497 e. The van der Waals surface area contributed by atoms with Crippen LogP contribution >= 0.6 is 0 Å². The van der Waals surface area contributed by atoms with Gasteiger partial charge in [-0.2, -0.15) is 0 Å². The number of nitrogens with zero attached hydrogens (tertiary/aromatic N) is 1. The first-order valence-electron chi connectivity index (χ1n) is 8.12. The fraction of sp³-hybridized carbons (Fsp3) is 0.412. The lowest BCUT2D eigenvalue weighted by molar-refractivity contribution is -0.130. The highest BCUT2D eigenvalue weighted by Gasteiger charge is 2.43. The number of urea groups is 1. The molecule has 1 aliphatic heterocycles. The second-order valence-electron chi connectivity index (χ2n) is 6.35. The maximum atomic E-state index is 12.0. The van der Waals surface area contributed by atoms with Crippen molar-refractivity contribution in [3.63, 3.8) is 0 Å². The van der Waals surface area contributed by atoms with Crippen LogP contribution in [0.15, 0.2) is 24.3 Å². The highest BCUT2D eigenvalue weighted by Crippen LogP contribution is 2.17. The predicted molar refractivity (Wildman–Crippen MR) is 92.2 cm³/mol. The van der Waals surface area contributed by atoms with E-state index in [9.17, 15) is 19.2 Å². The minimum Gasteiger partial charge on any atom is -0.497 e. The monoisotopic (exact) mass is 362 g/mol. The number of amides is 5. The van der Waals surface area contributed by atoms with Crippen LogP contribution in [0.3, 0.4) is 0 Å². The maximum Gasteiger partial charge on any atom is 0.325 e. The summed E-state index contributed by atoms with van der Waals surface area (Å²) in [5.74, 6) is -0.583. The molecule has 1 aromatic rings. The zero-order chi connectivity index (χ0) is 19.3. The van der Waals surface area contributed by atoms with Crippen LogP contribution in [0.1, 0.15) is 37.0 Å². The van der Waals surface area contributed by atoms with E-state index in [0.717, 1.165) is 4.90 Å². The van der Waals surface area contributed by atoms with Crippen molar-refractivity contribution in [3.8, 4) is 5.75 Å². The van der Waals surface area contributed by atoms with Crippen LogP contribution in [-0.2, 0) is 9.59 Å². The SMILES string of the molecule is COc1ccc(C(=O)NNC(=O)CCCN2C(=O)NC(C)(C)C2=O)cc1. The highest BCUT2D eigenvalue weighted by molar-refractivity contribution is 6.06. The van der Waals surface area contributed by atoms with Gasteiger partial charge in [0.15, 0.2) is 0 Å². The van der Waals surface area contributed by atoms with Gasteiger partial charge in [0, 0.05) is 18.5 Å². The zero-order valence-electron chi connectivity index (χ0n) is 14.9. The number of nitrogens with one attached hydrogen (secondary N) is 3. The molecule has 9 nitrogen and oxygen atoms in total. The van der Waals surface area contributed by atoms with Crippen molar-refractivity contribution in [3.05, 3.63) is 29.8 Å². The topological polar surface area (TPSA) is 117 Å². The second kappa shape index (κ2) is 7.85. The van der Waals surface area contributed by atoms with Crippen molar-refractivity contribution in [2.45, 2.75) is 32.2 Å². The first kappa shape index (κ1) is 19.2. The normalized spacial score (nSPS) is 15.4. The van der Waals surface area contributed by atoms with Crippen LogP contribution in [0.2, 0.25) is 0 Å². The Balaban J connectivity index is 1.73. The summed E-state index contributed by atoms with van der Waals surface area (Å²) >= 11 is 0. The molecule has 9 heteroatoms. The Morgan fingerprint density at radius 2 is 1.81 bits per heavy atom. The molecule has 0 atom stereocenters. The lowest BCUT2D eigenvalue weighted by Gasteiger charge is -2.15. The molecular weight excluding hydrogens is 340 g/mol. The third-order valence-electron chi connectivity index (χ3n) is 3.90. The van der Waals surface area contributed by atoms with E-state index in [-0.39, 0.29) is 18.9 Å². The van der Waals surface area contributed by atoms with Gasteiger partial charge in [0.1, 0.15) is 11.3 Å². The van der Waals surface area contributed by atoms with Gasteiger partial charge < -0.3 is 10.1 Å². The fourth-order valence-electron chi connectivity index (χ4n) is 2.42. The molecule has 1 aliphatic rings. The summed E-state index contributed by atoms with van der Waals surface area (Å²) < 4.78 is 5.00. The van der Waals surface area contributed by atoms with Crippen molar-refractivity contribution < 1.29 is 23.9 Å². The van der Waals surface area contributed by atoms with E-state index < -0.39 is 23.4 Å². The van der Waals surface area contributed by atoms with Gasteiger partial charge >= 0.3 is 6.03 Å². The molecule has 2 rings (SSSR count). The number of rotatable bonds is 6. The molecule has 1 aromatic carbocycles. The van der Waals surface area contributed by atoms with E-state index in [2.05, 4.69) is 16.2 Å². The summed E-state index contributed by atoms with van der Waals surface area (Å²) in [7, 11) is 1.52. The molecule has 26 heavy (non-hydrogen) atoms. The number of ether oxygens (including phenoxy) is 1. The lowest BCUT2D eigenvalue weighted by atomic mass is 10.1. The van der Waals surface area contributed by atoms with Gasteiger partial charge in [-0.1, -0.05) is 0 Å². The summed E-state index contributed by atoms with van der Waals surface area (Å²) in [5, 5.41) is 2.57. The van der Waals surface area contributed by atoms with Crippen molar-refractivity contribution in [2.75, 3.05) is 13.7 Å². The van der Waals surface area contributed by atoms with E-state index in [1.54, 1.807) is 38.1 Å². The van der Waals surface area contributed by atoms with Gasteiger partial charge in [0.2, 0.25) is 5.91 Å². The minimum absolute atomic E-state index is 0.0559. The summed E-state index contributed by atoms with van der Waals surface area (Å²) in [6.45, 7) is 3.37. The molecule has 0 bridgehead atoms. The van der Waals surface area contributed by atoms with Crippen molar-refractivity contribution in [2.24, 2.45) is 0 Å². The van der Waals surface area contributed by atoms with Crippen molar-refractivity contribution >= 4 is 23.8 Å². The average Bonchev–Trinajstić information content (AvgIpc) is 2.81. The summed E-state index contributed by atoms with van der Waals surface area (Å²) in [4.78, 5) is 48.5. The maximum absolute atomic E-state index is 12.0. The molecule has 0 aliphatic carbocycles. The van der Waals surface area contributed by atoms with Crippen LogP contribution in [0.5, 0.6) is 5.75 Å². The van der Waals surface area contributed by atoms with Gasteiger partial charge in [-0.15, -0.1) is 0 Å². The molecule has 0 aromatic heterocycles. The number of imide groups is 1. The molecule has 0 spiro atoms. The average molecular weight is 362 g/mol. The highest BCUT2D eigenvalue weighted by atomic mass is 16.5. The fourth-order valence-corrected chi connectivity index (χ4v) is 2.42. The predicted octanol–water partition coefficient (Wildman–Crippen LogP) is 0.567. The van der Waals surface area contributed by atoms with E-state index in [1.807, 2.05) is 0 Å². The number of benzene rings is 1. The molecule has 5 amide bonds. The van der Waals surface area contributed by atoms with Gasteiger partial charge in [-0.3, -0.25) is 30.1 Å². The van der Waals surface area contributed by atoms with Crippen molar-refractivity contribution in [1.29, 1.82) is 0 Å².